The number of fused-ring (bicyclic) bond motifs is 3. The molecule has 0 radical (unpaired) electrons. The molecule has 3 nitrogen and oxygen atoms in total. The second kappa shape index (κ2) is 6.19. The van der Waals surface area contributed by atoms with Gasteiger partial charge in [0.15, 0.2) is 5.65 Å². The van der Waals surface area contributed by atoms with Crippen molar-refractivity contribution < 1.29 is 0 Å². The fraction of sp³-hybridized carbons (Fsp3) is 0.217. The summed E-state index contributed by atoms with van der Waals surface area (Å²) in [5.74, 6) is 0. The third kappa shape index (κ3) is 2.85. The van der Waals surface area contributed by atoms with Crippen LogP contribution in [0.1, 0.15) is 22.5 Å². The van der Waals surface area contributed by atoms with E-state index < -0.39 is 0 Å². The Morgan fingerprint density at radius 2 is 1.73 bits per heavy atom. The van der Waals surface area contributed by atoms with Crippen molar-refractivity contribution in [3.63, 3.8) is 0 Å². The zero-order valence-electron chi connectivity index (χ0n) is 14.9. The molecule has 1 aliphatic rings. The number of aromatic nitrogens is 2. The predicted molar refractivity (Wildman–Crippen MR) is 106 cm³/mol. The van der Waals surface area contributed by atoms with E-state index in [1.54, 1.807) is 0 Å². The van der Waals surface area contributed by atoms with Gasteiger partial charge in [0, 0.05) is 42.8 Å². The molecule has 128 valence electrons. The highest BCUT2D eigenvalue weighted by molar-refractivity contribution is 5.83. The van der Waals surface area contributed by atoms with Gasteiger partial charge in [-0.25, -0.2) is 9.97 Å². The first-order valence-electron chi connectivity index (χ1n) is 9.21. The molecule has 2 aromatic carbocycles. The molecule has 1 aliphatic heterocycles. The van der Waals surface area contributed by atoms with E-state index in [-0.39, 0.29) is 0 Å². The van der Waals surface area contributed by atoms with E-state index in [1.807, 2.05) is 6.92 Å². The summed E-state index contributed by atoms with van der Waals surface area (Å²) in [6.45, 7) is 5.00. The molecule has 0 saturated heterocycles. The van der Waals surface area contributed by atoms with Gasteiger partial charge < -0.3 is 0 Å². The largest absolute Gasteiger partial charge is 0.294 e. The van der Waals surface area contributed by atoms with Crippen molar-refractivity contribution in [2.24, 2.45) is 0 Å². The van der Waals surface area contributed by atoms with Gasteiger partial charge in [-0.3, -0.25) is 4.90 Å². The Balaban J connectivity index is 1.41. The van der Waals surface area contributed by atoms with E-state index in [4.69, 9.17) is 4.98 Å². The maximum atomic E-state index is 4.82. The van der Waals surface area contributed by atoms with Gasteiger partial charge in [-0.05, 0) is 53.1 Å². The lowest BCUT2D eigenvalue weighted by molar-refractivity contribution is 0.244. The average molecular weight is 339 g/mol. The number of rotatable bonds is 2. The van der Waals surface area contributed by atoms with Crippen LogP contribution in [0.3, 0.4) is 0 Å². The number of aryl methyl sites for hydroxylation is 1. The SMILES string of the molecule is Cc1ccc2cc3c(nc2n1)CCN(Cc1ccc2ccccc2c1)C3. The first-order chi connectivity index (χ1) is 12.7. The van der Waals surface area contributed by atoms with Crippen LogP contribution in [0.15, 0.2) is 60.7 Å². The predicted octanol–water partition coefficient (Wildman–Crippen LogP) is 4.65. The molecule has 5 rings (SSSR count). The van der Waals surface area contributed by atoms with Crippen molar-refractivity contribution in [3.05, 3.63) is 83.2 Å². The van der Waals surface area contributed by atoms with Crippen LogP contribution < -0.4 is 0 Å². The van der Waals surface area contributed by atoms with Gasteiger partial charge in [0.05, 0.1) is 0 Å². The van der Waals surface area contributed by atoms with Crippen LogP contribution in [0.5, 0.6) is 0 Å². The standard InChI is InChI=1S/C23H21N3/c1-16-6-8-20-13-21-15-26(11-10-22(21)25-23(20)24-16)14-17-7-9-18-4-2-3-5-19(18)12-17/h2-9,12-13H,10-11,14-15H2,1H3. The summed E-state index contributed by atoms with van der Waals surface area (Å²) in [7, 11) is 0. The van der Waals surface area contributed by atoms with Gasteiger partial charge in [-0.1, -0.05) is 36.4 Å². The zero-order chi connectivity index (χ0) is 17.5. The summed E-state index contributed by atoms with van der Waals surface area (Å²) in [6.07, 6.45) is 0.995. The maximum Gasteiger partial charge on any atom is 0.159 e. The summed E-state index contributed by atoms with van der Waals surface area (Å²) in [4.78, 5) is 11.9. The van der Waals surface area contributed by atoms with Crippen molar-refractivity contribution in [1.29, 1.82) is 0 Å². The molecule has 3 heteroatoms. The Morgan fingerprint density at radius 3 is 2.65 bits per heavy atom. The first-order valence-corrected chi connectivity index (χ1v) is 9.21. The molecule has 2 aromatic heterocycles. The van der Waals surface area contributed by atoms with Crippen molar-refractivity contribution in [3.8, 4) is 0 Å². The van der Waals surface area contributed by atoms with E-state index in [1.165, 1.54) is 27.6 Å². The van der Waals surface area contributed by atoms with E-state index >= 15 is 0 Å². The topological polar surface area (TPSA) is 29.0 Å². The molecule has 0 atom stereocenters. The minimum atomic E-state index is 0.881. The quantitative estimate of drug-likeness (QED) is 0.532. The Kier molecular flexibility index (Phi) is 3.68. The van der Waals surface area contributed by atoms with Crippen molar-refractivity contribution in [1.82, 2.24) is 14.9 Å². The summed E-state index contributed by atoms with van der Waals surface area (Å²) >= 11 is 0. The molecule has 0 aliphatic carbocycles. The van der Waals surface area contributed by atoms with Crippen molar-refractivity contribution in [2.45, 2.75) is 26.4 Å². The van der Waals surface area contributed by atoms with Crippen LogP contribution in [0, 0.1) is 6.92 Å². The normalized spacial score (nSPS) is 14.7. The fourth-order valence-electron chi connectivity index (χ4n) is 3.89. The molecule has 3 heterocycles. The molecule has 0 saturated carbocycles. The molecule has 26 heavy (non-hydrogen) atoms. The summed E-state index contributed by atoms with van der Waals surface area (Å²) < 4.78 is 0. The smallest absolute Gasteiger partial charge is 0.159 e. The lowest BCUT2D eigenvalue weighted by Gasteiger charge is -2.28. The summed E-state index contributed by atoms with van der Waals surface area (Å²) in [5, 5.41) is 3.76. The average Bonchev–Trinajstić information content (AvgIpc) is 2.66. The van der Waals surface area contributed by atoms with Crippen molar-refractivity contribution >= 4 is 21.8 Å². The molecule has 0 N–H and O–H groups in total. The molecule has 0 fully saturated rings. The molecular weight excluding hydrogens is 318 g/mol. The second-order valence-electron chi connectivity index (χ2n) is 7.24. The van der Waals surface area contributed by atoms with Crippen LogP contribution in [0.2, 0.25) is 0 Å². The highest BCUT2D eigenvalue weighted by Crippen LogP contribution is 2.24. The Morgan fingerprint density at radius 1 is 0.885 bits per heavy atom. The lowest BCUT2D eigenvalue weighted by atomic mass is 10.0. The summed E-state index contributed by atoms with van der Waals surface area (Å²) in [5.41, 5.74) is 5.84. The molecule has 4 aromatic rings. The lowest BCUT2D eigenvalue weighted by Crippen LogP contribution is -2.30. The third-order valence-electron chi connectivity index (χ3n) is 5.26. The molecule has 0 unspecified atom stereocenters. The van der Waals surface area contributed by atoms with E-state index in [2.05, 4.69) is 70.5 Å². The summed E-state index contributed by atoms with van der Waals surface area (Å²) in [6, 6.07) is 21.8. The highest BCUT2D eigenvalue weighted by Gasteiger charge is 2.18. The second-order valence-corrected chi connectivity index (χ2v) is 7.24. The van der Waals surface area contributed by atoms with Gasteiger partial charge in [0.25, 0.3) is 0 Å². The van der Waals surface area contributed by atoms with Gasteiger partial charge in [0.2, 0.25) is 0 Å². The number of benzene rings is 2. The number of pyridine rings is 2. The van der Waals surface area contributed by atoms with Gasteiger partial charge in [0.1, 0.15) is 0 Å². The van der Waals surface area contributed by atoms with Crippen LogP contribution in [-0.4, -0.2) is 21.4 Å². The van der Waals surface area contributed by atoms with E-state index in [0.29, 0.717) is 0 Å². The highest BCUT2D eigenvalue weighted by atomic mass is 15.1. The van der Waals surface area contributed by atoms with Gasteiger partial charge in [-0.2, -0.15) is 0 Å². The number of hydrogen-bond donors (Lipinski definition) is 0. The van der Waals surface area contributed by atoms with Crippen LogP contribution in [0.25, 0.3) is 21.8 Å². The third-order valence-corrected chi connectivity index (χ3v) is 5.26. The van der Waals surface area contributed by atoms with Crippen molar-refractivity contribution in [2.75, 3.05) is 6.54 Å². The van der Waals surface area contributed by atoms with E-state index in [9.17, 15) is 0 Å². The van der Waals surface area contributed by atoms with Crippen LogP contribution >= 0.6 is 0 Å². The Labute approximate surface area is 153 Å². The number of hydrogen-bond acceptors (Lipinski definition) is 3. The molecule has 0 amide bonds. The maximum absolute atomic E-state index is 4.82. The first kappa shape index (κ1) is 15.5. The molecule has 0 spiro atoms. The molecular formula is C23H21N3. The monoisotopic (exact) mass is 339 g/mol. The Bertz CT molecular complexity index is 1120. The van der Waals surface area contributed by atoms with Crippen LogP contribution in [-0.2, 0) is 19.5 Å². The minimum absolute atomic E-state index is 0.881. The van der Waals surface area contributed by atoms with Gasteiger partial charge in [-0.15, -0.1) is 0 Å². The minimum Gasteiger partial charge on any atom is -0.294 e. The van der Waals surface area contributed by atoms with E-state index in [0.717, 1.165) is 42.8 Å². The van der Waals surface area contributed by atoms with Gasteiger partial charge >= 0.3 is 0 Å². The zero-order valence-corrected chi connectivity index (χ0v) is 14.9. The van der Waals surface area contributed by atoms with Crippen LogP contribution in [0.4, 0.5) is 0 Å². The number of nitrogens with zero attached hydrogens (tertiary/aromatic N) is 3. The Hall–Kier alpha value is -2.78. The fourth-order valence-corrected chi connectivity index (χ4v) is 3.89. The molecule has 0 bridgehead atoms.